The number of nitrogens with one attached hydrogen (secondary N) is 1. The first-order chi connectivity index (χ1) is 16.6. The summed E-state index contributed by atoms with van der Waals surface area (Å²) in [6.07, 6.45) is -2.18. The Balaban J connectivity index is 1.53. The number of anilines is 3. The highest BCUT2D eigenvalue weighted by molar-refractivity contribution is 5.86. The molecule has 180 valence electrons. The third-order valence-electron chi connectivity index (χ3n) is 6.12. The van der Waals surface area contributed by atoms with E-state index >= 15 is 0 Å². The third kappa shape index (κ3) is 4.30. The molecule has 3 N–H and O–H groups in total. The van der Waals surface area contributed by atoms with Crippen LogP contribution in [0.2, 0.25) is 0 Å². The molecule has 1 aliphatic heterocycles. The Morgan fingerprint density at radius 2 is 1.89 bits per heavy atom. The second-order valence-corrected chi connectivity index (χ2v) is 8.64. The fourth-order valence-corrected chi connectivity index (χ4v) is 4.23. The van der Waals surface area contributed by atoms with Crippen LogP contribution < -0.4 is 16.7 Å². The van der Waals surface area contributed by atoms with Gasteiger partial charge in [0.15, 0.2) is 5.65 Å². The van der Waals surface area contributed by atoms with Gasteiger partial charge in [-0.3, -0.25) is 0 Å². The van der Waals surface area contributed by atoms with Crippen LogP contribution in [-0.4, -0.2) is 38.0 Å². The normalized spacial score (nSPS) is 14.2. The number of nitrogens with two attached hydrogens (primary N) is 1. The van der Waals surface area contributed by atoms with Gasteiger partial charge < -0.3 is 16.0 Å². The summed E-state index contributed by atoms with van der Waals surface area (Å²) >= 11 is 0. The lowest BCUT2D eigenvalue weighted by molar-refractivity contribution is -0.137. The summed E-state index contributed by atoms with van der Waals surface area (Å²) < 4.78 is 40.7. The Hall–Kier alpha value is -3.99. The van der Waals surface area contributed by atoms with Crippen LogP contribution in [0.15, 0.2) is 47.4 Å². The number of hydrogen-bond acceptors (Lipinski definition) is 7. The third-order valence-corrected chi connectivity index (χ3v) is 6.12. The van der Waals surface area contributed by atoms with Crippen molar-refractivity contribution in [2.24, 2.45) is 0 Å². The zero-order chi connectivity index (χ0) is 24.9. The number of benzene rings is 2. The van der Waals surface area contributed by atoms with Crippen LogP contribution in [0.3, 0.4) is 0 Å². The zero-order valence-corrected chi connectivity index (χ0v) is 19.0. The minimum Gasteiger partial charge on any atom is -0.384 e. The molecule has 0 amide bonds. The fourth-order valence-electron chi connectivity index (χ4n) is 4.23. The first-order valence-corrected chi connectivity index (χ1v) is 10.9. The predicted octanol–water partition coefficient (Wildman–Crippen LogP) is 3.82. The second-order valence-electron chi connectivity index (χ2n) is 8.64. The van der Waals surface area contributed by atoms with Gasteiger partial charge in [-0.2, -0.15) is 23.1 Å². The molecule has 0 atom stereocenters. The number of aromatic nitrogens is 4. The number of fused-ring (bicyclic) bond motifs is 2. The van der Waals surface area contributed by atoms with Crippen LogP contribution in [0.1, 0.15) is 22.3 Å². The predicted molar refractivity (Wildman–Crippen MR) is 127 cm³/mol. The monoisotopic (exact) mass is 481 g/mol. The minimum absolute atomic E-state index is 0.00189. The number of likely N-dealkylation sites (N-methyl/N-ethyl adjacent to an activating group) is 1. The smallest absolute Gasteiger partial charge is 0.384 e. The van der Waals surface area contributed by atoms with E-state index in [4.69, 9.17) is 5.73 Å². The number of hydrogen-bond donors (Lipinski definition) is 2. The van der Waals surface area contributed by atoms with Crippen LogP contribution in [0.25, 0.3) is 16.7 Å². The van der Waals surface area contributed by atoms with Crippen molar-refractivity contribution in [3.8, 4) is 5.69 Å². The van der Waals surface area contributed by atoms with Crippen LogP contribution in [-0.2, 0) is 19.1 Å². The Labute approximate surface area is 198 Å². The Morgan fingerprint density at radius 1 is 1.09 bits per heavy atom. The van der Waals surface area contributed by atoms with E-state index in [-0.39, 0.29) is 28.5 Å². The van der Waals surface area contributed by atoms with E-state index in [9.17, 15) is 18.0 Å². The van der Waals surface area contributed by atoms with Gasteiger partial charge in [-0.1, -0.05) is 12.1 Å². The molecule has 0 unspecified atom stereocenters. The molecule has 0 saturated heterocycles. The molecule has 0 bridgehead atoms. The molecular formula is C24H22F3N7O. The summed E-state index contributed by atoms with van der Waals surface area (Å²) in [6.45, 7) is 3.44. The SMILES string of the molecule is Cc1ccc(C(F)(F)F)cc1-n1c(N)c2cnc(Nc3ccc4c(c3)CN(C)CC4)nc2nc1=O. The molecule has 0 aliphatic carbocycles. The average molecular weight is 481 g/mol. The minimum atomic E-state index is -4.57. The van der Waals surface area contributed by atoms with Crippen molar-refractivity contribution in [1.82, 2.24) is 24.4 Å². The molecule has 0 saturated carbocycles. The summed E-state index contributed by atoms with van der Waals surface area (Å²) in [6, 6.07) is 9.16. The standard InChI is InChI=1S/C24H22F3N7O/c1-13-3-5-16(24(25,26)27)10-19(13)34-20(28)18-11-29-22(31-21(18)32-23(34)35)30-17-6-4-14-7-8-33(2)12-15(14)9-17/h3-6,9-11H,7-8,12,28H2,1-2H3,(H,30,31,32,35). The first kappa shape index (κ1) is 22.8. The van der Waals surface area contributed by atoms with Crippen LogP contribution in [0.5, 0.6) is 0 Å². The Kier molecular flexibility index (Phi) is 5.43. The van der Waals surface area contributed by atoms with Crippen LogP contribution >= 0.6 is 0 Å². The summed E-state index contributed by atoms with van der Waals surface area (Å²) in [5.74, 6) is 0.131. The largest absolute Gasteiger partial charge is 0.416 e. The second kappa shape index (κ2) is 8.35. The maximum Gasteiger partial charge on any atom is 0.416 e. The van der Waals surface area contributed by atoms with Gasteiger partial charge in [-0.25, -0.2) is 14.3 Å². The van der Waals surface area contributed by atoms with Gasteiger partial charge in [0.2, 0.25) is 5.95 Å². The van der Waals surface area contributed by atoms with Crippen molar-refractivity contribution < 1.29 is 13.2 Å². The lowest BCUT2D eigenvalue weighted by Crippen LogP contribution is -2.26. The number of alkyl halides is 3. The number of aryl methyl sites for hydroxylation is 1. The maximum atomic E-state index is 13.2. The fraction of sp³-hybridized carbons (Fsp3) is 0.250. The van der Waals surface area contributed by atoms with Crippen molar-refractivity contribution in [1.29, 1.82) is 0 Å². The van der Waals surface area contributed by atoms with E-state index in [1.807, 2.05) is 12.1 Å². The van der Waals surface area contributed by atoms with Gasteiger partial charge in [0, 0.05) is 25.0 Å². The Bertz CT molecular complexity index is 1510. The van der Waals surface area contributed by atoms with E-state index in [2.05, 4.69) is 38.3 Å². The molecule has 0 fully saturated rings. The maximum absolute atomic E-state index is 13.2. The number of nitrogen functional groups attached to an aromatic ring is 1. The van der Waals surface area contributed by atoms with Gasteiger partial charge >= 0.3 is 11.9 Å². The molecule has 0 radical (unpaired) electrons. The van der Waals surface area contributed by atoms with Crippen molar-refractivity contribution >= 4 is 28.5 Å². The summed E-state index contributed by atoms with van der Waals surface area (Å²) in [4.78, 5) is 27.7. The van der Waals surface area contributed by atoms with E-state index in [0.29, 0.717) is 5.56 Å². The van der Waals surface area contributed by atoms with E-state index < -0.39 is 17.4 Å². The number of nitrogens with zero attached hydrogens (tertiary/aromatic N) is 5. The molecule has 5 rings (SSSR count). The molecule has 4 aromatic rings. The molecule has 2 aromatic heterocycles. The van der Waals surface area contributed by atoms with Crippen molar-refractivity contribution in [3.63, 3.8) is 0 Å². The van der Waals surface area contributed by atoms with Gasteiger partial charge in [-0.05, 0) is 61.3 Å². The zero-order valence-electron chi connectivity index (χ0n) is 19.0. The summed E-state index contributed by atoms with van der Waals surface area (Å²) in [7, 11) is 2.07. The lowest BCUT2D eigenvalue weighted by Gasteiger charge is -2.25. The summed E-state index contributed by atoms with van der Waals surface area (Å²) in [5.41, 5.74) is 8.26. The highest BCUT2D eigenvalue weighted by Crippen LogP contribution is 2.32. The van der Waals surface area contributed by atoms with Crippen molar-refractivity contribution in [3.05, 3.63) is 75.3 Å². The lowest BCUT2D eigenvalue weighted by atomic mass is 9.99. The topological polar surface area (TPSA) is 102 Å². The van der Waals surface area contributed by atoms with Gasteiger partial charge in [0.05, 0.1) is 16.6 Å². The molecule has 8 nitrogen and oxygen atoms in total. The van der Waals surface area contributed by atoms with Crippen molar-refractivity contribution in [2.45, 2.75) is 26.1 Å². The van der Waals surface area contributed by atoms with E-state index in [0.717, 1.165) is 41.9 Å². The quantitative estimate of drug-likeness (QED) is 0.459. The Morgan fingerprint density at radius 3 is 2.66 bits per heavy atom. The highest BCUT2D eigenvalue weighted by Gasteiger charge is 2.31. The van der Waals surface area contributed by atoms with Gasteiger partial charge in [0.1, 0.15) is 5.82 Å². The molecule has 2 aromatic carbocycles. The molecule has 11 heteroatoms. The molecule has 0 spiro atoms. The molecule has 1 aliphatic rings. The van der Waals surface area contributed by atoms with Crippen LogP contribution in [0, 0.1) is 6.92 Å². The highest BCUT2D eigenvalue weighted by atomic mass is 19.4. The van der Waals surface area contributed by atoms with E-state index in [1.165, 1.54) is 23.4 Å². The van der Waals surface area contributed by atoms with E-state index in [1.54, 1.807) is 6.92 Å². The molecular weight excluding hydrogens is 459 g/mol. The first-order valence-electron chi connectivity index (χ1n) is 10.9. The summed E-state index contributed by atoms with van der Waals surface area (Å²) in [5, 5.41) is 3.37. The van der Waals surface area contributed by atoms with Gasteiger partial charge in [0.25, 0.3) is 0 Å². The number of rotatable bonds is 3. The number of halogens is 3. The molecule has 3 heterocycles. The average Bonchev–Trinajstić information content (AvgIpc) is 2.79. The van der Waals surface area contributed by atoms with Crippen molar-refractivity contribution in [2.75, 3.05) is 24.6 Å². The molecule has 35 heavy (non-hydrogen) atoms. The van der Waals surface area contributed by atoms with Gasteiger partial charge in [-0.15, -0.1) is 0 Å². The van der Waals surface area contributed by atoms with Crippen LogP contribution in [0.4, 0.5) is 30.6 Å².